The number of benzene rings is 1. The summed E-state index contributed by atoms with van der Waals surface area (Å²) >= 11 is 0. The molecule has 0 bridgehead atoms. The highest BCUT2D eigenvalue weighted by Gasteiger charge is 2.26. The Morgan fingerprint density at radius 2 is 2.04 bits per heavy atom. The molecule has 1 aromatic rings. The lowest BCUT2D eigenvalue weighted by Gasteiger charge is -2.17. The van der Waals surface area contributed by atoms with Gasteiger partial charge in [-0.3, -0.25) is 4.79 Å². The number of methoxy groups -OCH3 is 1. The van der Waals surface area contributed by atoms with E-state index in [-0.39, 0.29) is 22.6 Å². The smallest absolute Gasteiger partial charge is 0.353 e. The molecule has 6 nitrogen and oxygen atoms in total. The molecule has 0 spiro atoms. The lowest BCUT2D eigenvalue weighted by Crippen LogP contribution is -2.31. The molecule has 1 aromatic carbocycles. The van der Waals surface area contributed by atoms with Crippen molar-refractivity contribution in [3.8, 4) is 11.5 Å². The molecular formula is C17H20O6. The molecule has 0 amide bonds. The van der Waals surface area contributed by atoms with Gasteiger partial charge in [-0.2, -0.15) is 0 Å². The molecule has 0 heterocycles. The minimum atomic E-state index is -1.08. The average molecular weight is 320 g/mol. The minimum Gasteiger partial charge on any atom is -0.493 e. The highest BCUT2D eigenvalue weighted by Crippen LogP contribution is 2.30. The van der Waals surface area contributed by atoms with E-state index in [1.807, 2.05) is 6.92 Å². The molecule has 0 aliphatic carbocycles. The standard InChI is InChI=1S/C17H20O6/c1-5-7-14(22-16(19)11(2)3)17(20)23-15-12(10-18)8-6-9-13(15)21-4/h6,8-10,14H,2,5,7H2,1,3-4H3. The molecule has 0 saturated heterocycles. The number of ether oxygens (including phenoxy) is 3. The number of aldehydes is 1. The van der Waals surface area contributed by atoms with Crippen molar-refractivity contribution < 1.29 is 28.6 Å². The van der Waals surface area contributed by atoms with Crippen LogP contribution in [0.15, 0.2) is 30.4 Å². The molecule has 0 N–H and O–H groups in total. The van der Waals surface area contributed by atoms with Crippen molar-refractivity contribution in [2.75, 3.05) is 7.11 Å². The summed E-state index contributed by atoms with van der Waals surface area (Å²) in [5.74, 6) is -1.20. The van der Waals surface area contributed by atoms with E-state index in [4.69, 9.17) is 14.2 Å². The van der Waals surface area contributed by atoms with E-state index >= 15 is 0 Å². The fourth-order valence-corrected chi connectivity index (χ4v) is 1.78. The van der Waals surface area contributed by atoms with Gasteiger partial charge in [-0.15, -0.1) is 0 Å². The zero-order valence-corrected chi connectivity index (χ0v) is 13.5. The quantitative estimate of drug-likeness (QED) is 0.317. The third-order valence-corrected chi connectivity index (χ3v) is 2.97. The number of esters is 2. The second-order valence-electron chi connectivity index (χ2n) is 4.88. The molecule has 0 saturated carbocycles. The van der Waals surface area contributed by atoms with Crippen LogP contribution < -0.4 is 9.47 Å². The number of hydrogen-bond acceptors (Lipinski definition) is 6. The Morgan fingerprint density at radius 3 is 2.57 bits per heavy atom. The first-order chi connectivity index (χ1) is 10.9. The van der Waals surface area contributed by atoms with Gasteiger partial charge in [-0.1, -0.05) is 26.0 Å². The van der Waals surface area contributed by atoms with Gasteiger partial charge >= 0.3 is 11.9 Å². The molecule has 0 fully saturated rings. The van der Waals surface area contributed by atoms with Crippen LogP contribution in [-0.2, 0) is 14.3 Å². The number of carbonyl (C=O) groups is 3. The largest absolute Gasteiger partial charge is 0.493 e. The van der Waals surface area contributed by atoms with Gasteiger partial charge in [-0.25, -0.2) is 9.59 Å². The summed E-state index contributed by atoms with van der Waals surface area (Å²) in [6.07, 6.45) is 0.382. The Bertz CT molecular complexity index is 605. The van der Waals surface area contributed by atoms with Crippen LogP contribution in [0.2, 0.25) is 0 Å². The Hall–Kier alpha value is -2.63. The second kappa shape index (κ2) is 8.73. The maximum absolute atomic E-state index is 12.3. The van der Waals surface area contributed by atoms with E-state index in [1.165, 1.54) is 20.1 Å². The van der Waals surface area contributed by atoms with Gasteiger partial charge in [0.05, 0.1) is 12.7 Å². The number of para-hydroxylation sites is 1. The van der Waals surface area contributed by atoms with Gasteiger partial charge in [0.25, 0.3) is 0 Å². The van der Waals surface area contributed by atoms with Crippen molar-refractivity contribution in [1.82, 2.24) is 0 Å². The van der Waals surface area contributed by atoms with E-state index in [9.17, 15) is 14.4 Å². The topological polar surface area (TPSA) is 78.9 Å². The zero-order chi connectivity index (χ0) is 17.4. The van der Waals surface area contributed by atoms with Crippen molar-refractivity contribution >= 4 is 18.2 Å². The van der Waals surface area contributed by atoms with Gasteiger partial charge in [0, 0.05) is 5.57 Å². The summed E-state index contributed by atoms with van der Waals surface area (Å²) in [7, 11) is 1.39. The van der Waals surface area contributed by atoms with Crippen molar-refractivity contribution in [3.05, 3.63) is 35.9 Å². The maximum Gasteiger partial charge on any atom is 0.353 e. The van der Waals surface area contributed by atoms with Gasteiger partial charge in [0.1, 0.15) is 0 Å². The molecule has 0 aromatic heterocycles. The summed E-state index contributed by atoms with van der Waals surface area (Å²) < 4.78 is 15.4. The van der Waals surface area contributed by atoms with E-state index in [0.717, 1.165) is 0 Å². The predicted octanol–water partition coefficient (Wildman–Crippen LogP) is 2.70. The van der Waals surface area contributed by atoms with Crippen LogP contribution >= 0.6 is 0 Å². The number of hydrogen-bond donors (Lipinski definition) is 0. The molecule has 0 aliphatic rings. The maximum atomic E-state index is 12.3. The minimum absolute atomic E-state index is 0.00229. The van der Waals surface area contributed by atoms with Crippen LogP contribution in [0.1, 0.15) is 37.0 Å². The summed E-state index contributed by atoms with van der Waals surface area (Å²) in [6, 6.07) is 4.65. The van der Waals surface area contributed by atoms with Crippen LogP contribution in [0.4, 0.5) is 0 Å². The Balaban J connectivity index is 3.01. The van der Waals surface area contributed by atoms with E-state index in [0.29, 0.717) is 19.1 Å². The predicted molar refractivity (Wildman–Crippen MR) is 83.6 cm³/mol. The van der Waals surface area contributed by atoms with Crippen LogP contribution in [-0.4, -0.2) is 31.4 Å². The van der Waals surface area contributed by atoms with Crippen molar-refractivity contribution in [2.45, 2.75) is 32.8 Å². The van der Waals surface area contributed by atoms with Gasteiger partial charge < -0.3 is 14.2 Å². The Morgan fingerprint density at radius 1 is 1.35 bits per heavy atom. The summed E-state index contributed by atoms with van der Waals surface area (Å²) in [5.41, 5.74) is 0.351. The molecular weight excluding hydrogens is 300 g/mol. The highest BCUT2D eigenvalue weighted by molar-refractivity contribution is 5.90. The Kier molecular flexibility index (Phi) is 6.99. The van der Waals surface area contributed by atoms with E-state index < -0.39 is 18.0 Å². The van der Waals surface area contributed by atoms with Gasteiger partial charge in [0.2, 0.25) is 0 Å². The second-order valence-corrected chi connectivity index (χ2v) is 4.88. The van der Waals surface area contributed by atoms with Crippen molar-refractivity contribution in [2.24, 2.45) is 0 Å². The lowest BCUT2D eigenvalue weighted by molar-refractivity contribution is -0.160. The van der Waals surface area contributed by atoms with Gasteiger partial charge in [0.15, 0.2) is 23.9 Å². The fourth-order valence-electron chi connectivity index (χ4n) is 1.78. The molecule has 6 heteroatoms. The normalized spacial score (nSPS) is 11.3. The molecule has 0 aliphatic heterocycles. The molecule has 124 valence electrons. The third kappa shape index (κ3) is 4.95. The molecule has 1 rings (SSSR count). The molecule has 23 heavy (non-hydrogen) atoms. The van der Waals surface area contributed by atoms with Gasteiger partial charge in [-0.05, 0) is 25.5 Å². The Labute approximate surface area is 135 Å². The SMILES string of the molecule is C=C(C)C(=O)OC(CCC)C(=O)Oc1c(C=O)cccc1OC. The number of rotatable bonds is 8. The highest BCUT2D eigenvalue weighted by atomic mass is 16.6. The monoisotopic (exact) mass is 320 g/mol. The van der Waals surface area contributed by atoms with E-state index in [2.05, 4.69) is 6.58 Å². The molecule has 1 unspecified atom stereocenters. The van der Waals surface area contributed by atoms with Crippen LogP contribution in [0.3, 0.4) is 0 Å². The fraction of sp³-hybridized carbons (Fsp3) is 0.353. The average Bonchev–Trinajstić information content (AvgIpc) is 2.54. The summed E-state index contributed by atoms with van der Waals surface area (Å²) in [4.78, 5) is 35.0. The van der Waals surface area contributed by atoms with Crippen molar-refractivity contribution in [3.63, 3.8) is 0 Å². The van der Waals surface area contributed by atoms with Crippen LogP contribution in [0.5, 0.6) is 11.5 Å². The first-order valence-electron chi connectivity index (χ1n) is 7.14. The zero-order valence-electron chi connectivity index (χ0n) is 13.5. The molecule has 1 atom stereocenters. The van der Waals surface area contributed by atoms with E-state index in [1.54, 1.807) is 12.1 Å². The first-order valence-corrected chi connectivity index (χ1v) is 7.14. The molecule has 0 radical (unpaired) electrons. The summed E-state index contributed by atoms with van der Waals surface area (Å²) in [6.45, 7) is 6.80. The number of carbonyl (C=O) groups excluding carboxylic acids is 3. The van der Waals surface area contributed by atoms with Crippen molar-refractivity contribution in [1.29, 1.82) is 0 Å². The van der Waals surface area contributed by atoms with Crippen LogP contribution in [0, 0.1) is 0 Å². The first kappa shape index (κ1) is 18.4. The van der Waals surface area contributed by atoms with Crippen LogP contribution in [0.25, 0.3) is 0 Å². The lowest BCUT2D eigenvalue weighted by atomic mass is 10.2. The summed E-state index contributed by atoms with van der Waals surface area (Å²) in [5, 5.41) is 0. The third-order valence-electron chi connectivity index (χ3n) is 2.97.